The Labute approximate surface area is 121 Å². The highest BCUT2D eigenvalue weighted by atomic mass is 32.1. The highest BCUT2D eigenvalue weighted by molar-refractivity contribution is 7.12. The van der Waals surface area contributed by atoms with Crippen LogP contribution in [0, 0.1) is 6.92 Å². The summed E-state index contributed by atoms with van der Waals surface area (Å²) in [6.07, 6.45) is 1.07. The van der Waals surface area contributed by atoms with Gasteiger partial charge in [-0.3, -0.25) is 0 Å². The van der Waals surface area contributed by atoms with Crippen molar-refractivity contribution in [3.63, 3.8) is 0 Å². The molecule has 1 N–H and O–H groups in total. The van der Waals surface area contributed by atoms with E-state index in [4.69, 9.17) is 9.72 Å². The number of methoxy groups -OCH3 is 1. The van der Waals surface area contributed by atoms with E-state index in [0.29, 0.717) is 12.1 Å². The molecule has 2 atom stereocenters. The third-order valence-corrected chi connectivity index (χ3v) is 4.98. The summed E-state index contributed by atoms with van der Waals surface area (Å²) < 4.78 is 5.25. The number of thiazole rings is 1. The van der Waals surface area contributed by atoms with Gasteiger partial charge in [-0.15, -0.1) is 11.3 Å². The summed E-state index contributed by atoms with van der Waals surface area (Å²) >= 11 is 1.83. The van der Waals surface area contributed by atoms with Crippen molar-refractivity contribution in [2.75, 3.05) is 13.7 Å². The van der Waals surface area contributed by atoms with Gasteiger partial charge in [0.2, 0.25) is 0 Å². The maximum atomic E-state index is 5.25. The Balaban J connectivity index is 2.82. The molecular formula is C15H28N2OS. The number of aryl methyl sites for hydroxylation is 1. The van der Waals surface area contributed by atoms with Gasteiger partial charge in [-0.25, -0.2) is 4.98 Å². The van der Waals surface area contributed by atoms with Gasteiger partial charge in [-0.1, -0.05) is 27.7 Å². The molecule has 0 saturated heterocycles. The van der Waals surface area contributed by atoms with E-state index in [0.717, 1.165) is 18.7 Å². The fourth-order valence-corrected chi connectivity index (χ4v) is 3.18. The largest absolute Gasteiger partial charge is 0.383 e. The second-order valence-corrected chi connectivity index (χ2v) is 7.20. The predicted octanol–water partition coefficient (Wildman–Crippen LogP) is 3.82. The third-order valence-electron chi connectivity index (χ3n) is 3.21. The Morgan fingerprint density at radius 1 is 1.37 bits per heavy atom. The van der Waals surface area contributed by atoms with E-state index < -0.39 is 0 Å². The first-order chi connectivity index (χ1) is 8.79. The second kappa shape index (κ2) is 6.82. The number of aromatic nitrogens is 1. The van der Waals surface area contributed by atoms with Crippen LogP contribution in [0.4, 0.5) is 0 Å². The van der Waals surface area contributed by atoms with Crippen molar-refractivity contribution in [2.24, 2.45) is 0 Å². The summed E-state index contributed by atoms with van der Waals surface area (Å²) in [7, 11) is 1.75. The normalized spacial score (nSPS) is 15.5. The zero-order chi connectivity index (χ0) is 14.6. The third kappa shape index (κ3) is 4.55. The summed E-state index contributed by atoms with van der Waals surface area (Å²) in [5.41, 5.74) is 1.28. The molecule has 0 aliphatic heterocycles. The van der Waals surface area contributed by atoms with Gasteiger partial charge < -0.3 is 10.1 Å². The molecule has 0 aromatic carbocycles. The van der Waals surface area contributed by atoms with Gasteiger partial charge >= 0.3 is 0 Å². The SMILES string of the molecule is CCC(COC)NC(C)c1sc(C(C)(C)C)nc1C. The van der Waals surface area contributed by atoms with Crippen molar-refractivity contribution in [1.29, 1.82) is 0 Å². The van der Waals surface area contributed by atoms with E-state index in [1.54, 1.807) is 7.11 Å². The molecule has 0 radical (unpaired) electrons. The Morgan fingerprint density at radius 3 is 2.42 bits per heavy atom. The molecule has 0 amide bonds. The standard InChI is InChI=1S/C15H28N2OS/c1-8-12(9-18-7)16-10(2)13-11(3)17-14(19-13)15(4,5)6/h10,12,16H,8-9H2,1-7H3. The van der Waals surface area contributed by atoms with E-state index in [-0.39, 0.29) is 5.41 Å². The van der Waals surface area contributed by atoms with Crippen molar-refractivity contribution in [3.8, 4) is 0 Å². The topological polar surface area (TPSA) is 34.1 Å². The van der Waals surface area contributed by atoms with Crippen molar-refractivity contribution >= 4 is 11.3 Å². The quantitative estimate of drug-likeness (QED) is 0.862. The number of nitrogens with zero attached hydrogens (tertiary/aromatic N) is 1. The van der Waals surface area contributed by atoms with Crippen LogP contribution in [0.5, 0.6) is 0 Å². The van der Waals surface area contributed by atoms with Crippen LogP contribution in [0.25, 0.3) is 0 Å². The molecule has 19 heavy (non-hydrogen) atoms. The highest BCUT2D eigenvalue weighted by Gasteiger charge is 2.23. The van der Waals surface area contributed by atoms with Gasteiger partial charge in [0, 0.05) is 29.5 Å². The molecule has 1 aromatic rings. The molecule has 0 fully saturated rings. The Bertz CT molecular complexity index is 395. The fraction of sp³-hybridized carbons (Fsp3) is 0.800. The van der Waals surface area contributed by atoms with E-state index in [2.05, 4.69) is 46.9 Å². The number of ether oxygens (including phenoxy) is 1. The molecule has 1 aromatic heterocycles. The lowest BCUT2D eigenvalue weighted by Crippen LogP contribution is -2.34. The minimum Gasteiger partial charge on any atom is -0.383 e. The lowest BCUT2D eigenvalue weighted by Gasteiger charge is -2.21. The van der Waals surface area contributed by atoms with Crippen LogP contribution in [-0.2, 0) is 10.2 Å². The fourth-order valence-electron chi connectivity index (χ4n) is 2.04. The van der Waals surface area contributed by atoms with Crippen molar-refractivity contribution < 1.29 is 4.74 Å². The first-order valence-corrected chi connectivity index (χ1v) is 7.84. The molecule has 4 heteroatoms. The smallest absolute Gasteiger partial charge is 0.0985 e. The van der Waals surface area contributed by atoms with Gasteiger partial charge in [0.1, 0.15) is 0 Å². The number of hydrogen-bond donors (Lipinski definition) is 1. The van der Waals surface area contributed by atoms with Gasteiger partial charge in [-0.05, 0) is 20.3 Å². The number of rotatable bonds is 6. The maximum absolute atomic E-state index is 5.25. The van der Waals surface area contributed by atoms with Gasteiger partial charge in [-0.2, -0.15) is 0 Å². The van der Waals surface area contributed by atoms with E-state index in [1.807, 2.05) is 11.3 Å². The zero-order valence-electron chi connectivity index (χ0n) is 13.3. The van der Waals surface area contributed by atoms with Gasteiger partial charge in [0.05, 0.1) is 17.3 Å². The lowest BCUT2D eigenvalue weighted by molar-refractivity contribution is 0.159. The molecule has 0 aliphatic carbocycles. The molecule has 3 nitrogen and oxygen atoms in total. The number of nitrogens with one attached hydrogen (secondary N) is 1. The molecule has 1 heterocycles. The minimum absolute atomic E-state index is 0.129. The second-order valence-electron chi connectivity index (χ2n) is 6.17. The van der Waals surface area contributed by atoms with Crippen LogP contribution >= 0.6 is 11.3 Å². The van der Waals surface area contributed by atoms with Crippen LogP contribution < -0.4 is 5.32 Å². The summed E-state index contributed by atoms with van der Waals surface area (Å²) in [4.78, 5) is 6.08. The van der Waals surface area contributed by atoms with Crippen molar-refractivity contribution in [2.45, 2.75) is 65.5 Å². The Morgan fingerprint density at radius 2 is 2.00 bits per heavy atom. The minimum atomic E-state index is 0.129. The van der Waals surface area contributed by atoms with Crippen LogP contribution in [0.1, 0.15) is 62.7 Å². The zero-order valence-corrected chi connectivity index (χ0v) is 14.1. The maximum Gasteiger partial charge on any atom is 0.0985 e. The van der Waals surface area contributed by atoms with Crippen molar-refractivity contribution in [3.05, 3.63) is 15.6 Å². The molecule has 0 aliphatic rings. The molecule has 1 rings (SSSR count). The van der Waals surface area contributed by atoms with Gasteiger partial charge in [0.25, 0.3) is 0 Å². The van der Waals surface area contributed by atoms with Gasteiger partial charge in [0.15, 0.2) is 0 Å². The van der Waals surface area contributed by atoms with E-state index >= 15 is 0 Å². The monoisotopic (exact) mass is 284 g/mol. The molecule has 0 bridgehead atoms. The number of hydrogen-bond acceptors (Lipinski definition) is 4. The van der Waals surface area contributed by atoms with Crippen LogP contribution in [0.15, 0.2) is 0 Å². The Hall–Kier alpha value is -0.450. The lowest BCUT2D eigenvalue weighted by atomic mass is 9.98. The first kappa shape index (κ1) is 16.6. The van der Waals surface area contributed by atoms with E-state index in [9.17, 15) is 0 Å². The average molecular weight is 284 g/mol. The van der Waals surface area contributed by atoms with Crippen LogP contribution in [0.3, 0.4) is 0 Å². The molecule has 110 valence electrons. The summed E-state index contributed by atoms with van der Waals surface area (Å²) in [6.45, 7) is 13.9. The molecule has 0 spiro atoms. The summed E-state index contributed by atoms with van der Waals surface area (Å²) in [5.74, 6) is 0. The Kier molecular flexibility index (Phi) is 5.96. The molecular weight excluding hydrogens is 256 g/mol. The highest BCUT2D eigenvalue weighted by Crippen LogP contribution is 2.32. The van der Waals surface area contributed by atoms with Crippen LogP contribution in [0.2, 0.25) is 0 Å². The van der Waals surface area contributed by atoms with Crippen molar-refractivity contribution in [1.82, 2.24) is 10.3 Å². The summed E-state index contributed by atoms with van der Waals surface area (Å²) in [5, 5.41) is 4.85. The molecule has 0 saturated carbocycles. The summed E-state index contributed by atoms with van der Waals surface area (Å²) in [6, 6.07) is 0.730. The average Bonchev–Trinajstić information content (AvgIpc) is 2.70. The molecule has 2 unspecified atom stereocenters. The van der Waals surface area contributed by atoms with Crippen LogP contribution in [-0.4, -0.2) is 24.7 Å². The van der Waals surface area contributed by atoms with E-state index in [1.165, 1.54) is 9.88 Å². The first-order valence-electron chi connectivity index (χ1n) is 7.02. The predicted molar refractivity (Wildman–Crippen MR) is 83.1 cm³/mol.